The molecular formula is C9H17NO2. The van der Waals surface area contributed by atoms with E-state index in [2.05, 4.69) is 5.32 Å². The van der Waals surface area contributed by atoms with Crippen LogP contribution in [0.15, 0.2) is 0 Å². The Balaban J connectivity index is 4.11. The molecule has 0 heterocycles. The molecule has 0 aliphatic rings. The van der Waals surface area contributed by atoms with E-state index in [1.165, 1.54) is 6.92 Å². The van der Waals surface area contributed by atoms with Gasteiger partial charge in [-0.3, -0.25) is 9.59 Å². The molecule has 0 rings (SSSR count). The second-order valence-electron chi connectivity index (χ2n) is 4.06. The van der Waals surface area contributed by atoms with Gasteiger partial charge in [0.1, 0.15) is 0 Å². The minimum atomic E-state index is -0.427. The minimum Gasteiger partial charge on any atom is -0.346 e. The molecule has 0 saturated heterocycles. The van der Waals surface area contributed by atoms with Crippen molar-refractivity contribution in [3.63, 3.8) is 0 Å². The first-order chi connectivity index (χ1) is 5.25. The van der Waals surface area contributed by atoms with Gasteiger partial charge in [0.05, 0.1) is 6.04 Å². The van der Waals surface area contributed by atoms with Crippen LogP contribution in [0.1, 0.15) is 34.6 Å². The zero-order valence-corrected chi connectivity index (χ0v) is 8.39. The molecule has 0 aromatic carbocycles. The van der Waals surface area contributed by atoms with Crippen LogP contribution in [0.3, 0.4) is 0 Å². The summed E-state index contributed by atoms with van der Waals surface area (Å²) in [5.41, 5.74) is -0.427. The van der Waals surface area contributed by atoms with Gasteiger partial charge in [0.2, 0.25) is 5.91 Å². The molecule has 0 saturated carbocycles. The van der Waals surface area contributed by atoms with Crippen molar-refractivity contribution in [2.45, 2.75) is 40.7 Å². The number of amides is 1. The summed E-state index contributed by atoms with van der Waals surface area (Å²) in [4.78, 5) is 22.1. The van der Waals surface area contributed by atoms with Crippen LogP contribution in [0.5, 0.6) is 0 Å². The predicted octanol–water partition coefficient (Wildman–Crippen LogP) is 1.13. The van der Waals surface area contributed by atoms with Gasteiger partial charge in [-0.05, 0) is 13.8 Å². The Hall–Kier alpha value is -0.860. The van der Waals surface area contributed by atoms with Crippen molar-refractivity contribution in [2.24, 2.45) is 5.41 Å². The number of rotatable bonds is 2. The monoisotopic (exact) mass is 171 g/mol. The van der Waals surface area contributed by atoms with Crippen molar-refractivity contribution in [1.29, 1.82) is 0 Å². The quantitative estimate of drug-likeness (QED) is 0.677. The highest BCUT2D eigenvalue weighted by Crippen LogP contribution is 2.12. The lowest BCUT2D eigenvalue weighted by Crippen LogP contribution is -2.43. The fraction of sp³-hybridized carbons (Fsp3) is 0.778. The van der Waals surface area contributed by atoms with Crippen LogP contribution in [-0.4, -0.2) is 17.7 Å². The van der Waals surface area contributed by atoms with Crippen molar-refractivity contribution >= 4 is 11.7 Å². The lowest BCUT2D eigenvalue weighted by molar-refractivity contribution is -0.132. The molecule has 12 heavy (non-hydrogen) atoms. The molecule has 0 bridgehead atoms. The van der Waals surface area contributed by atoms with E-state index in [1.54, 1.807) is 6.92 Å². The number of hydrogen-bond acceptors (Lipinski definition) is 2. The molecule has 0 aromatic heterocycles. The summed E-state index contributed by atoms with van der Waals surface area (Å²) in [7, 11) is 0. The molecule has 0 spiro atoms. The largest absolute Gasteiger partial charge is 0.346 e. The second-order valence-corrected chi connectivity index (χ2v) is 4.06. The molecule has 0 aliphatic carbocycles. The van der Waals surface area contributed by atoms with E-state index in [-0.39, 0.29) is 17.7 Å². The summed E-state index contributed by atoms with van der Waals surface area (Å²) in [5, 5.41) is 2.63. The van der Waals surface area contributed by atoms with Crippen LogP contribution in [0.25, 0.3) is 0 Å². The Bertz CT molecular complexity index is 191. The smallest absolute Gasteiger partial charge is 0.225 e. The summed E-state index contributed by atoms with van der Waals surface area (Å²) < 4.78 is 0. The van der Waals surface area contributed by atoms with Crippen LogP contribution in [0.2, 0.25) is 0 Å². The van der Waals surface area contributed by atoms with Gasteiger partial charge < -0.3 is 5.32 Å². The second kappa shape index (κ2) is 3.70. The van der Waals surface area contributed by atoms with Gasteiger partial charge in [-0.15, -0.1) is 0 Å². The molecule has 0 aromatic rings. The zero-order chi connectivity index (χ0) is 9.94. The Morgan fingerprint density at radius 3 is 1.92 bits per heavy atom. The van der Waals surface area contributed by atoms with Crippen LogP contribution in [0, 0.1) is 5.41 Å². The van der Waals surface area contributed by atoms with Gasteiger partial charge in [-0.1, -0.05) is 20.8 Å². The molecule has 1 amide bonds. The highest BCUT2D eigenvalue weighted by Gasteiger charge is 2.23. The number of carbonyl (C=O) groups is 2. The summed E-state index contributed by atoms with van der Waals surface area (Å²) in [6, 6.07) is -0.378. The molecule has 0 fully saturated rings. The molecule has 3 heteroatoms. The number of carbonyl (C=O) groups excluding carboxylic acids is 2. The average Bonchev–Trinajstić information content (AvgIpc) is 1.85. The minimum absolute atomic E-state index is 0.0207. The van der Waals surface area contributed by atoms with E-state index in [4.69, 9.17) is 0 Å². The summed E-state index contributed by atoms with van der Waals surface area (Å²) in [6.07, 6.45) is 0. The lowest BCUT2D eigenvalue weighted by Gasteiger charge is -2.20. The Kier molecular flexibility index (Phi) is 3.43. The van der Waals surface area contributed by atoms with Gasteiger partial charge >= 0.3 is 0 Å². The molecule has 0 radical (unpaired) electrons. The normalized spacial score (nSPS) is 13.8. The molecule has 3 nitrogen and oxygen atoms in total. The van der Waals surface area contributed by atoms with Crippen molar-refractivity contribution in [2.75, 3.05) is 0 Å². The summed E-state index contributed by atoms with van der Waals surface area (Å²) in [5.74, 6) is -0.113. The number of ketones is 1. The van der Waals surface area contributed by atoms with Crippen LogP contribution >= 0.6 is 0 Å². The van der Waals surface area contributed by atoms with E-state index >= 15 is 0 Å². The van der Waals surface area contributed by atoms with Gasteiger partial charge in [0, 0.05) is 5.41 Å². The average molecular weight is 171 g/mol. The fourth-order valence-electron chi connectivity index (χ4n) is 0.515. The Morgan fingerprint density at radius 1 is 1.25 bits per heavy atom. The maximum atomic E-state index is 11.3. The first kappa shape index (κ1) is 11.1. The van der Waals surface area contributed by atoms with Gasteiger partial charge in [0.15, 0.2) is 5.78 Å². The van der Waals surface area contributed by atoms with E-state index in [0.717, 1.165) is 0 Å². The van der Waals surface area contributed by atoms with E-state index in [1.807, 2.05) is 20.8 Å². The zero-order valence-electron chi connectivity index (χ0n) is 8.39. The van der Waals surface area contributed by atoms with Gasteiger partial charge in [0.25, 0.3) is 0 Å². The third-order valence-corrected chi connectivity index (χ3v) is 1.64. The topological polar surface area (TPSA) is 46.2 Å². The van der Waals surface area contributed by atoms with Crippen molar-refractivity contribution < 1.29 is 9.59 Å². The van der Waals surface area contributed by atoms with Crippen molar-refractivity contribution in [3.05, 3.63) is 0 Å². The van der Waals surface area contributed by atoms with E-state index in [0.29, 0.717) is 0 Å². The third kappa shape index (κ3) is 3.51. The van der Waals surface area contributed by atoms with Gasteiger partial charge in [-0.2, -0.15) is 0 Å². The maximum Gasteiger partial charge on any atom is 0.225 e. The summed E-state index contributed by atoms with van der Waals surface area (Å²) >= 11 is 0. The Labute approximate surface area is 73.5 Å². The molecular weight excluding hydrogens is 154 g/mol. The maximum absolute atomic E-state index is 11.3. The molecule has 1 N–H and O–H groups in total. The standard InChI is InChI=1S/C9H17NO2/c1-6(7(2)11)10-8(12)9(3,4)5/h6H,1-5H3,(H,10,12)/t6-/m0/s1. The van der Waals surface area contributed by atoms with Crippen LogP contribution < -0.4 is 5.32 Å². The van der Waals surface area contributed by atoms with E-state index < -0.39 is 5.41 Å². The summed E-state index contributed by atoms with van der Waals surface area (Å²) in [6.45, 7) is 8.60. The first-order valence-electron chi connectivity index (χ1n) is 4.06. The predicted molar refractivity (Wildman–Crippen MR) is 47.7 cm³/mol. The highest BCUT2D eigenvalue weighted by molar-refractivity contribution is 5.89. The highest BCUT2D eigenvalue weighted by atomic mass is 16.2. The Morgan fingerprint density at radius 2 is 1.67 bits per heavy atom. The molecule has 70 valence electrons. The van der Waals surface area contributed by atoms with Gasteiger partial charge in [-0.25, -0.2) is 0 Å². The third-order valence-electron chi connectivity index (χ3n) is 1.64. The van der Waals surface area contributed by atoms with Crippen molar-refractivity contribution in [3.8, 4) is 0 Å². The fourth-order valence-corrected chi connectivity index (χ4v) is 0.515. The lowest BCUT2D eigenvalue weighted by atomic mass is 9.95. The van der Waals surface area contributed by atoms with Crippen LogP contribution in [-0.2, 0) is 9.59 Å². The first-order valence-corrected chi connectivity index (χ1v) is 4.06. The van der Waals surface area contributed by atoms with E-state index in [9.17, 15) is 9.59 Å². The van der Waals surface area contributed by atoms with Crippen LogP contribution in [0.4, 0.5) is 0 Å². The molecule has 1 atom stereocenters. The van der Waals surface area contributed by atoms with Crippen molar-refractivity contribution in [1.82, 2.24) is 5.32 Å². The SMILES string of the molecule is CC(=O)[C@H](C)NC(=O)C(C)(C)C. The number of Topliss-reactive ketones (excluding diaryl/α,β-unsaturated/α-hetero) is 1. The number of nitrogens with one attached hydrogen (secondary N) is 1. The number of hydrogen-bond donors (Lipinski definition) is 1. The molecule has 0 unspecified atom stereocenters. The molecule has 0 aliphatic heterocycles.